The van der Waals surface area contributed by atoms with Crippen molar-refractivity contribution in [2.45, 2.75) is 33.5 Å². The topological polar surface area (TPSA) is 26.0 Å². The molecule has 0 unspecified atom stereocenters. The van der Waals surface area contributed by atoms with Gasteiger partial charge in [-0.1, -0.05) is 25.3 Å². The summed E-state index contributed by atoms with van der Waals surface area (Å²) < 4.78 is 0. The highest BCUT2D eigenvalue weighted by atomic mass is 28.3. The lowest BCUT2D eigenvalue weighted by Gasteiger charge is -2.05. The molecule has 2 heteroatoms. The van der Waals surface area contributed by atoms with Gasteiger partial charge in [-0.05, 0) is 25.5 Å². The standard InChI is InChI=1S/C10H19NSi/c1-9(8-10(2)11)6-7-12(3,4)5/h7-8H,11H2,1-5H3/b10-8-. The summed E-state index contributed by atoms with van der Waals surface area (Å²) in [7, 11) is -1.10. The molecule has 0 saturated heterocycles. The Bertz CT molecular complexity index is 233. The van der Waals surface area contributed by atoms with Crippen molar-refractivity contribution in [2.75, 3.05) is 0 Å². The first kappa shape index (κ1) is 11.3. The van der Waals surface area contributed by atoms with Crippen LogP contribution >= 0.6 is 0 Å². The van der Waals surface area contributed by atoms with Crippen molar-refractivity contribution in [3.8, 4) is 0 Å². The Morgan fingerprint density at radius 2 is 1.75 bits per heavy atom. The van der Waals surface area contributed by atoms with Crippen LogP contribution in [0, 0.1) is 0 Å². The van der Waals surface area contributed by atoms with E-state index in [1.807, 2.05) is 19.9 Å². The van der Waals surface area contributed by atoms with E-state index < -0.39 is 8.07 Å². The highest BCUT2D eigenvalue weighted by Gasteiger charge is 2.05. The van der Waals surface area contributed by atoms with E-state index in [-0.39, 0.29) is 0 Å². The fourth-order valence-corrected chi connectivity index (χ4v) is 1.37. The average Bonchev–Trinajstić information content (AvgIpc) is 1.80. The van der Waals surface area contributed by atoms with E-state index in [0.29, 0.717) is 0 Å². The molecule has 0 aliphatic carbocycles. The molecule has 0 heterocycles. The third kappa shape index (κ3) is 7.38. The van der Waals surface area contributed by atoms with Gasteiger partial charge in [-0.2, -0.15) is 0 Å². The Labute approximate surface area is 76.7 Å². The van der Waals surface area contributed by atoms with Crippen molar-refractivity contribution < 1.29 is 0 Å². The van der Waals surface area contributed by atoms with Crippen LogP contribution in [0.25, 0.3) is 0 Å². The fourth-order valence-electron chi connectivity index (χ4n) is 0.714. The summed E-state index contributed by atoms with van der Waals surface area (Å²) in [5.41, 5.74) is 12.9. The zero-order chi connectivity index (χ0) is 9.78. The third-order valence-electron chi connectivity index (χ3n) is 1.18. The van der Waals surface area contributed by atoms with Crippen LogP contribution < -0.4 is 5.73 Å². The minimum absolute atomic E-state index is 0.837. The van der Waals surface area contributed by atoms with E-state index in [2.05, 4.69) is 31.1 Å². The van der Waals surface area contributed by atoms with Gasteiger partial charge in [0.1, 0.15) is 0 Å². The SMILES string of the molecule is CC(=C=C[Si](C)(C)C)/C=C(/C)N. The Balaban J connectivity index is 4.58. The average molecular weight is 181 g/mol. The van der Waals surface area contributed by atoms with Gasteiger partial charge in [0.15, 0.2) is 0 Å². The summed E-state index contributed by atoms with van der Waals surface area (Å²) in [4.78, 5) is 0. The molecule has 0 saturated carbocycles. The van der Waals surface area contributed by atoms with E-state index in [9.17, 15) is 0 Å². The van der Waals surface area contributed by atoms with Gasteiger partial charge in [-0.15, -0.1) is 5.73 Å². The molecular formula is C10H19NSi. The van der Waals surface area contributed by atoms with Crippen LogP contribution in [0.4, 0.5) is 0 Å². The second-order valence-corrected chi connectivity index (χ2v) is 9.25. The largest absolute Gasteiger partial charge is 0.402 e. The molecule has 68 valence electrons. The van der Waals surface area contributed by atoms with Gasteiger partial charge in [-0.25, -0.2) is 0 Å². The smallest absolute Gasteiger partial charge is 0.0782 e. The zero-order valence-electron chi connectivity index (χ0n) is 8.73. The first-order chi connectivity index (χ1) is 5.31. The van der Waals surface area contributed by atoms with E-state index in [1.54, 1.807) is 0 Å². The molecule has 0 aromatic heterocycles. The van der Waals surface area contributed by atoms with Crippen molar-refractivity contribution >= 4 is 8.07 Å². The lowest BCUT2D eigenvalue weighted by Crippen LogP contribution is -2.14. The van der Waals surface area contributed by atoms with Gasteiger partial charge in [0.25, 0.3) is 0 Å². The van der Waals surface area contributed by atoms with E-state index in [1.165, 1.54) is 0 Å². The molecule has 0 aliphatic rings. The maximum atomic E-state index is 5.53. The fraction of sp³-hybridized carbons (Fsp3) is 0.500. The maximum Gasteiger partial charge on any atom is 0.0782 e. The van der Waals surface area contributed by atoms with Crippen molar-refractivity contribution in [2.24, 2.45) is 5.73 Å². The second-order valence-electron chi connectivity index (χ2n) is 4.23. The highest BCUT2D eigenvalue weighted by Crippen LogP contribution is 2.02. The molecule has 0 atom stereocenters. The molecule has 0 rings (SSSR count). The minimum Gasteiger partial charge on any atom is -0.402 e. The number of hydrogen-bond acceptors (Lipinski definition) is 1. The van der Waals surface area contributed by atoms with Crippen LogP contribution in [0.5, 0.6) is 0 Å². The van der Waals surface area contributed by atoms with E-state index >= 15 is 0 Å². The number of nitrogens with two attached hydrogens (primary N) is 1. The normalized spacial score (nSPS) is 12.2. The molecule has 0 aliphatic heterocycles. The van der Waals surface area contributed by atoms with Gasteiger partial charge >= 0.3 is 0 Å². The molecule has 12 heavy (non-hydrogen) atoms. The van der Waals surface area contributed by atoms with Gasteiger partial charge in [-0.3, -0.25) is 0 Å². The molecule has 0 fully saturated rings. The number of rotatable bonds is 2. The lowest BCUT2D eigenvalue weighted by atomic mass is 10.3. The summed E-state index contributed by atoms with van der Waals surface area (Å²) in [5.74, 6) is 0. The number of allylic oxidation sites excluding steroid dienone is 3. The van der Waals surface area contributed by atoms with E-state index in [4.69, 9.17) is 5.73 Å². The Hall–Kier alpha value is -0.723. The molecule has 0 aromatic rings. The second kappa shape index (κ2) is 4.34. The van der Waals surface area contributed by atoms with Crippen molar-refractivity contribution in [3.63, 3.8) is 0 Å². The maximum absolute atomic E-state index is 5.53. The summed E-state index contributed by atoms with van der Waals surface area (Å²) in [5, 5.41) is 0. The third-order valence-corrected chi connectivity index (χ3v) is 2.19. The minimum atomic E-state index is -1.10. The van der Waals surface area contributed by atoms with Gasteiger partial charge in [0, 0.05) is 5.70 Å². The summed E-state index contributed by atoms with van der Waals surface area (Å²) >= 11 is 0. The summed E-state index contributed by atoms with van der Waals surface area (Å²) in [6.07, 6.45) is 1.94. The van der Waals surface area contributed by atoms with Gasteiger partial charge in [0.05, 0.1) is 8.07 Å². The van der Waals surface area contributed by atoms with Gasteiger partial charge < -0.3 is 5.73 Å². The van der Waals surface area contributed by atoms with Crippen LogP contribution in [0.15, 0.2) is 28.8 Å². The highest BCUT2D eigenvalue weighted by molar-refractivity contribution is 6.80. The van der Waals surface area contributed by atoms with Crippen LogP contribution in [0.2, 0.25) is 19.6 Å². The molecule has 0 bridgehead atoms. The van der Waals surface area contributed by atoms with Crippen molar-refractivity contribution in [1.29, 1.82) is 0 Å². The first-order valence-corrected chi connectivity index (χ1v) is 7.77. The van der Waals surface area contributed by atoms with Crippen molar-refractivity contribution in [1.82, 2.24) is 0 Å². The molecule has 1 nitrogen and oxygen atoms in total. The Kier molecular flexibility index (Phi) is 4.08. The van der Waals surface area contributed by atoms with Crippen LogP contribution in [-0.4, -0.2) is 8.07 Å². The molecular weight excluding hydrogens is 162 g/mol. The van der Waals surface area contributed by atoms with Gasteiger partial charge in [0.2, 0.25) is 0 Å². The van der Waals surface area contributed by atoms with Crippen LogP contribution in [0.1, 0.15) is 13.8 Å². The van der Waals surface area contributed by atoms with E-state index in [0.717, 1.165) is 11.3 Å². The Morgan fingerprint density at radius 3 is 2.08 bits per heavy atom. The monoisotopic (exact) mass is 181 g/mol. The lowest BCUT2D eigenvalue weighted by molar-refractivity contribution is 1.29. The molecule has 0 amide bonds. The summed E-state index contributed by atoms with van der Waals surface area (Å²) in [6.45, 7) is 10.8. The first-order valence-electron chi connectivity index (χ1n) is 4.19. The molecule has 0 spiro atoms. The molecule has 2 N–H and O–H groups in total. The Morgan fingerprint density at radius 1 is 1.25 bits per heavy atom. The van der Waals surface area contributed by atoms with Crippen LogP contribution in [-0.2, 0) is 0 Å². The molecule has 0 aromatic carbocycles. The zero-order valence-corrected chi connectivity index (χ0v) is 9.73. The predicted molar refractivity (Wildman–Crippen MR) is 58.6 cm³/mol. The quantitative estimate of drug-likeness (QED) is 0.396. The summed E-state index contributed by atoms with van der Waals surface area (Å²) in [6, 6.07) is 0. The predicted octanol–water partition coefficient (Wildman–Crippen LogP) is 2.83. The number of hydrogen-bond donors (Lipinski definition) is 1. The molecule has 0 radical (unpaired) electrons. The van der Waals surface area contributed by atoms with Crippen LogP contribution in [0.3, 0.4) is 0 Å². The van der Waals surface area contributed by atoms with Crippen molar-refractivity contribution in [3.05, 3.63) is 28.8 Å².